The molecule has 3 aromatic rings. The molecule has 0 radical (unpaired) electrons. The van der Waals surface area contributed by atoms with E-state index < -0.39 is 16.9 Å². The molecule has 1 aliphatic rings. The molecule has 11 nitrogen and oxygen atoms in total. The lowest BCUT2D eigenvalue weighted by atomic mass is 9.82. The van der Waals surface area contributed by atoms with Crippen LogP contribution in [0.15, 0.2) is 36.5 Å². The molecule has 1 atom stereocenters. The molecule has 11 heteroatoms. The molecule has 208 valence electrons. The zero-order valence-corrected chi connectivity index (χ0v) is 22.7. The highest BCUT2D eigenvalue weighted by molar-refractivity contribution is 5.96. The summed E-state index contributed by atoms with van der Waals surface area (Å²) in [5, 5.41) is 27.5. The number of hydrogen-bond donors (Lipinski definition) is 3. The minimum Gasteiger partial charge on any atom is -0.490 e. The third kappa shape index (κ3) is 6.47. The third-order valence-electron chi connectivity index (χ3n) is 6.96. The second-order valence-corrected chi connectivity index (χ2v) is 11.0. The van der Waals surface area contributed by atoms with Gasteiger partial charge in [-0.25, -0.2) is 4.98 Å². The second-order valence-electron chi connectivity index (χ2n) is 11.0. The van der Waals surface area contributed by atoms with Crippen LogP contribution < -0.4 is 15.4 Å². The Morgan fingerprint density at radius 2 is 1.92 bits per heavy atom. The Balaban J connectivity index is 1.72. The lowest BCUT2D eigenvalue weighted by molar-refractivity contribution is -0.385. The molecule has 1 amide bonds. The Hall–Kier alpha value is -4.15. The van der Waals surface area contributed by atoms with Crippen molar-refractivity contribution in [3.8, 4) is 17.0 Å². The van der Waals surface area contributed by atoms with Crippen LogP contribution in [0.4, 0.5) is 11.5 Å². The summed E-state index contributed by atoms with van der Waals surface area (Å²) in [6.07, 6.45) is 6.60. The smallest absolute Gasteiger partial charge is 0.311 e. The van der Waals surface area contributed by atoms with E-state index in [2.05, 4.69) is 10.6 Å². The number of carbonyl (C=O) groups is 2. The van der Waals surface area contributed by atoms with E-state index in [1.807, 2.05) is 20.8 Å². The van der Waals surface area contributed by atoms with Crippen LogP contribution in [-0.2, 0) is 4.79 Å². The average molecular weight is 538 g/mol. The number of benzene rings is 1. The van der Waals surface area contributed by atoms with Crippen LogP contribution in [-0.4, -0.2) is 50.0 Å². The number of amides is 1. The monoisotopic (exact) mass is 537 g/mol. The van der Waals surface area contributed by atoms with Gasteiger partial charge in [0.05, 0.1) is 18.5 Å². The summed E-state index contributed by atoms with van der Waals surface area (Å²) in [7, 11) is 1.38. The quantitative estimate of drug-likeness (QED) is 0.247. The number of carboxylic acid groups (broad SMARTS) is 1. The van der Waals surface area contributed by atoms with E-state index in [0.29, 0.717) is 28.3 Å². The highest BCUT2D eigenvalue weighted by atomic mass is 16.6. The lowest BCUT2D eigenvalue weighted by Gasteiger charge is -2.30. The Morgan fingerprint density at radius 1 is 1.21 bits per heavy atom. The number of rotatable bonds is 9. The Kier molecular flexibility index (Phi) is 8.08. The first kappa shape index (κ1) is 27.9. The van der Waals surface area contributed by atoms with E-state index in [4.69, 9.17) is 9.72 Å². The SMILES string of the molecule is COc1ccc(-c2nc3cc(C(=O)NC(CC(=O)O)C4CCCCC4)ccn3c2NC(C)(C)C)cc1[N+](=O)[O-]. The van der Waals surface area contributed by atoms with E-state index in [1.54, 1.807) is 28.8 Å². The first-order valence-corrected chi connectivity index (χ1v) is 13.1. The zero-order chi connectivity index (χ0) is 28.3. The first-order valence-electron chi connectivity index (χ1n) is 13.1. The summed E-state index contributed by atoms with van der Waals surface area (Å²) in [6.45, 7) is 5.97. The summed E-state index contributed by atoms with van der Waals surface area (Å²) >= 11 is 0. The van der Waals surface area contributed by atoms with Crippen molar-refractivity contribution >= 4 is 29.0 Å². The largest absolute Gasteiger partial charge is 0.490 e. The van der Waals surface area contributed by atoms with Gasteiger partial charge in [-0.15, -0.1) is 0 Å². The number of methoxy groups -OCH3 is 1. The van der Waals surface area contributed by atoms with Gasteiger partial charge in [-0.2, -0.15) is 0 Å². The Bertz CT molecular complexity index is 1390. The predicted molar refractivity (Wildman–Crippen MR) is 147 cm³/mol. The van der Waals surface area contributed by atoms with Crippen LogP contribution in [0.1, 0.15) is 69.7 Å². The topological polar surface area (TPSA) is 148 Å². The van der Waals surface area contributed by atoms with Crippen molar-refractivity contribution in [3.63, 3.8) is 0 Å². The third-order valence-corrected chi connectivity index (χ3v) is 6.96. The van der Waals surface area contributed by atoms with Gasteiger partial charge in [-0.1, -0.05) is 19.3 Å². The minimum atomic E-state index is -0.939. The molecule has 1 unspecified atom stereocenters. The highest BCUT2D eigenvalue weighted by Crippen LogP contribution is 2.36. The van der Waals surface area contributed by atoms with Gasteiger partial charge < -0.3 is 20.5 Å². The summed E-state index contributed by atoms with van der Waals surface area (Å²) in [5.41, 5.74) is 1.29. The zero-order valence-electron chi connectivity index (χ0n) is 22.7. The molecule has 0 spiro atoms. The van der Waals surface area contributed by atoms with Crippen molar-refractivity contribution in [2.75, 3.05) is 12.4 Å². The molecule has 3 N–H and O–H groups in total. The van der Waals surface area contributed by atoms with Crippen molar-refractivity contribution in [2.24, 2.45) is 5.92 Å². The summed E-state index contributed by atoms with van der Waals surface area (Å²) in [5.74, 6) is -0.399. The lowest BCUT2D eigenvalue weighted by Crippen LogP contribution is -2.42. The van der Waals surface area contributed by atoms with Crippen molar-refractivity contribution in [3.05, 3.63) is 52.2 Å². The molecule has 1 fully saturated rings. The second kappa shape index (κ2) is 11.3. The Morgan fingerprint density at radius 3 is 2.54 bits per heavy atom. The van der Waals surface area contributed by atoms with E-state index in [0.717, 1.165) is 32.1 Å². The van der Waals surface area contributed by atoms with Gasteiger partial charge in [0.2, 0.25) is 0 Å². The van der Waals surface area contributed by atoms with Crippen LogP contribution in [0.2, 0.25) is 0 Å². The van der Waals surface area contributed by atoms with Gasteiger partial charge in [0.25, 0.3) is 5.91 Å². The number of ether oxygens (including phenoxy) is 1. The fraction of sp³-hybridized carbons (Fsp3) is 0.464. The van der Waals surface area contributed by atoms with Crippen LogP contribution in [0.5, 0.6) is 5.75 Å². The maximum Gasteiger partial charge on any atom is 0.311 e. The number of aliphatic carboxylic acids is 1. The molecule has 4 rings (SSSR count). The number of carboxylic acids is 1. The molecular weight excluding hydrogens is 502 g/mol. The van der Waals surface area contributed by atoms with Gasteiger partial charge in [-0.05, 0) is 63.8 Å². The minimum absolute atomic E-state index is 0.123. The van der Waals surface area contributed by atoms with Crippen molar-refractivity contribution in [2.45, 2.75) is 70.9 Å². The van der Waals surface area contributed by atoms with Crippen LogP contribution in [0.25, 0.3) is 16.9 Å². The standard InChI is InChI=1S/C28H35N5O6/c1-28(2,3)31-26-25(18-10-11-22(39-4)21(14-18)33(37)38)30-23-15-19(12-13-32(23)26)27(36)29-20(16-24(34)35)17-8-6-5-7-9-17/h10-15,17,20,31H,5-9,16H2,1-4H3,(H,29,36)(H,34,35). The molecule has 2 heterocycles. The van der Waals surface area contributed by atoms with Gasteiger partial charge in [0.15, 0.2) is 5.75 Å². The molecule has 2 aromatic heterocycles. The maximum atomic E-state index is 13.3. The number of pyridine rings is 1. The molecule has 1 saturated carbocycles. The van der Waals surface area contributed by atoms with Crippen LogP contribution in [0.3, 0.4) is 0 Å². The van der Waals surface area contributed by atoms with Crippen LogP contribution in [0, 0.1) is 16.0 Å². The average Bonchev–Trinajstić information content (AvgIpc) is 3.24. The number of nitro benzene ring substituents is 1. The number of hydrogen-bond acceptors (Lipinski definition) is 7. The number of fused-ring (bicyclic) bond motifs is 1. The number of nitrogens with zero attached hydrogens (tertiary/aromatic N) is 3. The number of nitro groups is 1. The summed E-state index contributed by atoms with van der Waals surface area (Å²) in [6, 6.07) is 7.52. The predicted octanol–water partition coefficient (Wildman–Crippen LogP) is 5.28. The van der Waals surface area contributed by atoms with E-state index in [1.165, 1.54) is 19.2 Å². The molecular formula is C28H35N5O6. The molecule has 1 aliphatic carbocycles. The normalized spacial score (nSPS) is 15.1. The Labute approximate surface area is 226 Å². The summed E-state index contributed by atoms with van der Waals surface area (Å²) < 4.78 is 6.94. The van der Waals surface area contributed by atoms with E-state index >= 15 is 0 Å². The summed E-state index contributed by atoms with van der Waals surface area (Å²) in [4.78, 5) is 40.7. The van der Waals surface area contributed by atoms with Gasteiger partial charge in [0.1, 0.15) is 17.2 Å². The van der Waals surface area contributed by atoms with Crippen LogP contribution >= 0.6 is 0 Å². The number of nitrogens with one attached hydrogen (secondary N) is 2. The number of imidazole rings is 1. The van der Waals surface area contributed by atoms with Crippen molar-refractivity contribution in [1.29, 1.82) is 0 Å². The van der Waals surface area contributed by atoms with Crippen molar-refractivity contribution < 1.29 is 24.4 Å². The maximum absolute atomic E-state index is 13.3. The van der Waals surface area contributed by atoms with Gasteiger partial charge >= 0.3 is 11.7 Å². The van der Waals surface area contributed by atoms with Gasteiger partial charge in [0, 0.05) is 35.0 Å². The number of aromatic nitrogens is 2. The number of anilines is 1. The van der Waals surface area contributed by atoms with E-state index in [9.17, 15) is 24.8 Å². The van der Waals surface area contributed by atoms with Gasteiger partial charge in [-0.3, -0.25) is 24.1 Å². The molecule has 39 heavy (non-hydrogen) atoms. The fourth-order valence-corrected chi connectivity index (χ4v) is 5.15. The molecule has 0 bridgehead atoms. The first-order chi connectivity index (χ1) is 18.5. The fourth-order valence-electron chi connectivity index (χ4n) is 5.15. The van der Waals surface area contributed by atoms with E-state index in [-0.39, 0.29) is 35.2 Å². The van der Waals surface area contributed by atoms with Crippen molar-refractivity contribution in [1.82, 2.24) is 14.7 Å². The molecule has 0 saturated heterocycles. The molecule has 1 aromatic carbocycles. The highest BCUT2D eigenvalue weighted by Gasteiger charge is 2.28. The number of carbonyl (C=O) groups excluding carboxylic acids is 1. The molecule has 0 aliphatic heterocycles.